The molecule has 2 atom stereocenters. The van der Waals surface area contributed by atoms with Gasteiger partial charge in [0.05, 0.1) is 0 Å². The molecule has 1 heterocycles. The average Bonchev–Trinajstić information content (AvgIpc) is 3.91. The van der Waals surface area contributed by atoms with Crippen molar-refractivity contribution in [3.05, 3.63) is 172 Å². The Hall–Kier alpha value is -4.11. The van der Waals surface area contributed by atoms with E-state index in [1.165, 1.54) is 55.6 Å². The maximum absolute atomic E-state index is 3.28. The van der Waals surface area contributed by atoms with Gasteiger partial charge >= 0.3 is 374 Å². The van der Waals surface area contributed by atoms with Gasteiger partial charge in [-0.2, -0.15) is 0 Å². The zero-order chi connectivity index (χ0) is 42.1. The fraction of sp³-hybridized carbons (Fsp3) is 0.310. The van der Waals surface area contributed by atoms with Crippen molar-refractivity contribution in [2.75, 3.05) is 0 Å². The van der Waals surface area contributed by atoms with E-state index in [4.69, 9.17) is 0 Å². The first kappa shape index (κ1) is 41.3. The van der Waals surface area contributed by atoms with Crippen LogP contribution in [-0.4, -0.2) is 9.52 Å². The van der Waals surface area contributed by atoms with Gasteiger partial charge in [-0.15, -0.1) is 0 Å². The van der Waals surface area contributed by atoms with E-state index < -0.39 is 31.0 Å². The van der Waals surface area contributed by atoms with E-state index in [0.717, 1.165) is 12.8 Å². The second-order valence-corrected chi connectivity index (χ2v) is 32.0. The van der Waals surface area contributed by atoms with Crippen molar-refractivity contribution in [2.24, 2.45) is 22.7 Å². The van der Waals surface area contributed by atoms with Crippen LogP contribution in [0, 0.1) is 22.7 Å². The molecule has 6 aromatic rings. The van der Waals surface area contributed by atoms with Gasteiger partial charge in [0.25, 0.3) is 0 Å². The maximum atomic E-state index is 2.70. The predicted molar refractivity (Wildman–Crippen MR) is 261 cm³/mol. The second kappa shape index (κ2) is 16.0. The molecule has 0 spiro atoms. The summed E-state index contributed by atoms with van der Waals surface area (Å²) in [6.45, 7) is 24.4. The Balaban J connectivity index is 1.33. The van der Waals surface area contributed by atoms with Crippen molar-refractivity contribution in [2.45, 2.75) is 89.4 Å². The van der Waals surface area contributed by atoms with Crippen LogP contribution in [0.3, 0.4) is 0 Å². The molecule has 2 aliphatic carbocycles. The van der Waals surface area contributed by atoms with Gasteiger partial charge in [0.2, 0.25) is 0 Å². The van der Waals surface area contributed by atoms with E-state index in [1.807, 2.05) is 0 Å². The Morgan fingerprint density at radius 2 is 0.883 bits per heavy atom. The molecule has 0 fully saturated rings. The van der Waals surface area contributed by atoms with Gasteiger partial charge in [-0.05, 0) is 0 Å². The van der Waals surface area contributed by atoms with Crippen LogP contribution in [0.15, 0.2) is 139 Å². The molecular weight excluding hydrogens is 903 g/mol. The van der Waals surface area contributed by atoms with Crippen molar-refractivity contribution in [3.8, 4) is 33.4 Å². The van der Waals surface area contributed by atoms with Crippen molar-refractivity contribution in [1.29, 1.82) is 0 Å². The first-order valence-electron chi connectivity index (χ1n) is 22.6. The fourth-order valence-electron chi connectivity index (χ4n) is 11.0. The van der Waals surface area contributed by atoms with Crippen LogP contribution in [0.1, 0.15) is 110 Å². The standard InChI is InChI=1S/2C23H27.C12H9Si.Hf/c2*1-16(2)13-17-9-6-7-11-20(17)21-12-8-10-18-14-19(15-22(18)21)23(3,4)5;1-3-7-11-9(5-1)10-6-2-4-8-12(10)13-11;/h2*6-12,14-16H,13H2,1-5H3;1-7H,13H2;. The SMILES string of the molecule is CC(C)Cc1ccccc1-c1cccc2c1C=C(C(C)(C)C)[CH]2[Hf]([c]1cccc2c1[SiH2]c1ccccc1-2)[CH]1C(C(C)(C)C)=Cc2c(-c3ccccc3CC(C)C)cccc21. The molecule has 0 bridgehead atoms. The average molecular weight is 967 g/mol. The molecule has 0 saturated heterocycles. The second-order valence-electron chi connectivity index (χ2n) is 20.8. The number of hydrogen-bond acceptors (Lipinski definition) is 0. The molecule has 2 heteroatoms. The normalized spacial score (nSPS) is 17.1. The Morgan fingerprint density at radius 1 is 0.467 bits per heavy atom. The van der Waals surface area contributed by atoms with E-state index in [9.17, 15) is 0 Å². The number of allylic oxidation sites excluding steroid dienone is 2. The molecular formula is C58H63HfSi. The summed E-state index contributed by atoms with van der Waals surface area (Å²) in [7, 11) is -0.657. The van der Waals surface area contributed by atoms with Crippen molar-refractivity contribution < 1.29 is 21.4 Å². The number of benzene rings is 6. The van der Waals surface area contributed by atoms with Gasteiger partial charge in [-0.1, -0.05) is 0 Å². The van der Waals surface area contributed by atoms with Crippen LogP contribution in [0.5, 0.6) is 0 Å². The monoisotopic (exact) mass is 967 g/mol. The van der Waals surface area contributed by atoms with Gasteiger partial charge in [0, 0.05) is 0 Å². The van der Waals surface area contributed by atoms with Crippen molar-refractivity contribution in [1.82, 2.24) is 0 Å². The Bertz CT molecular complexity index is 2540. The minimum atomic E-state index is -3.28. The summed E-state index contributed by atoms with van der Waals surface area (Å²) >= 11 is -3.28. The number of fused-ring (bicyclic) bond motifs is 5. The summed E-state index contributed by atoms with van der Waals surface area (Å²) in [6.07, 6.45) is 7.58. The van der Waals surface area contributed by atoms with E-state index in [2.05, 4.69) is 209 Å². The Morgan fingerprint density at radius 3 is 1.37 bits per heavy atom. The van der Waals surface area contributed by atoms with Gasteiger partial charge in [0.15, 0.2) is 0 Å². The first-order chi connectivity index (χ1) is 28.7. The molecule has 0 N–H and O–H groups in total. The van der Waals surface area contributed by atoms with Crippen molar-refractivity contribution >= 4 is 35.4 Å². The number of hydrogen-bond donors (Lipinski definition) is 0. The first-order valence-corrected chi connectivity index (χ1v) is 30.0. The molecule has 0 aromatic heterocycles. The third-order valence-corrected chi connectivity index (χ3v) is 29.8. The van der Waals surface area contributed by atoms with Crippen LogP contribution < -0.4 is 13.7 Å². The molecule has 2 unspecified atom stereocenters. The molecule has 6 aromatic carbocycles. The van der Waals surface area contributed by atoms with Gasteiger partial charge in [-0.3, -0.25) is 0 Å². The molecule has 0 radical (unpaired) electrons. The zero-order valence-electron chi connectivity index (χ0n) is 37.7. The van der Waals surface area contributed by atoms with Gasteiger partial charge in [-0.25, -0.2) is 0 Å². The topological polar surface area (TPSA) is 0 Å². The summed E-state index contributed by atoms with van der Waals surface area (Å²) in [4.78, 5) is 0. The van der Waals surface area contributed by atoms with Crippen LogP contribution in [0.25, 0.3) is 45.5 Å². The molecule has 0 nitrogen and oxygen atoms in total. The van der Waals surface area contributed by atoms with Crippen LogP contribution in [0.4, 0.5) is 0 Å². The quantitative estimate of drug-likeness (QED) is 0.127. The molecule has 1 aliphatic heterocycles. The van der Waals surface area contributed by atoms with Gasteiger partial charge in [0.1, 0.15) is 0 Å². The van der Waals surface area contributed by atoms with E-state index in [1.54, 1.807) is 36.0 Å². The summed E-state index contributed by atoms with van der Waals surface area (Å²) in [5, 5.41) is 3.37. The third kappa shape index (κ3) is 7.38. The Kier molecular flexibility index (Phi) is 11.0. The molecule has 60 heavy (non-hydrogen) atoms. The fourth-order valence-corrected chi connectivity index (χ4v) is 32.1. The van der Waals surface area contributed by atoms with Crippen LogP contribution in [0.2, 0.25) is 0 Å². The molecule has 3 aliphatic rings. The number of rotatable bonds is 9. The Labute approximate surface area is 371 Å². The minimum absolute atomic E-state index is 0.0113. The molecule has 9 rings (SSSR count). The molecule has 0 saturated carbocycles. The zero-order valence-corrected chi connectivity index (χ0v) is 42.7. The van der Waals surface area contributed by atoms with Gasteiger partial charge < -0.3 is 0 Å². The van der Waals surface area contributed by atoms with E-state index >= 15 is 0 Å². The summed E-state index contributed by atoms with van der Waals surface area (Å²) in [5.41, 5.74) is 21.1. The third-order valence-electron chi connectivity index (χ3n) is 13.5. The van der Waals surface area contributed by atoms with Crippen molar-refractivity contribution in [3.63, 3.8) is 0 Å². The molecule has 0 amide bonds. The predicted octanol–water partition coefficient (Wildman–Crippen LogP) is 13.1. The summed E-state index contributed by atoms with van der Waals surface area (Å²) in [5.74, 6) is 1.19. The summed E-state index contributed by atoms with van der Waals surface area (Å²) in [6, 6.07) is 50.2. The van der Waals surface area contributed by atoms with Crippen LogP contribution >= 0.6 is 0 Å². The van der Waals surface area contributed by atoms with E-state index in [-0.39, 0.29) is 10.8 Å². The van der Waals surface area contributed by atoms with Crippen LogP contribution in [-0.2, 0) is 34.3 Å². The summed E-state index contributed by atoms with van der Waals surface area (Å²) < 4.78 is 2.63. The van der Waals surface area contributed by atoms with E-state index in [0.29, 0.717) is 19.2 Å². The molecule has 303 valence electrons.